The van der Waals surface area contributed by atoms with Crippen LogP contribution in [-0.2, 0) is 12.8 Å². The second-order valence-corrected chi connectivity index (χ2v) is 5.83. The lowest BCUT2D eigenvalue weighted by molar-refractivity contribution is 0.0697. The molecule has 0 atom stereocenters. The molecule has 1 amide bonds. The zero-order valence-corrected chi connectivity index (χ0v) is 11.3. The molecule has 3 rings (SSSR count). The summed E-state index contributed by atoms with van der Waals surface area (Å²) < 4.78 is 3.61. The molecule has 2 aromatic rings. The van der Waals surface area contributed by atoms with Gasteiger partial charge in [-0.3, -0.25) is 4.79 Å². The van der Waals surface area contributed by atoms with Crippen LogP contribution < -0.4 is 5.32 Å². The Kier molecular flexibility index (Phi) is 3.03. The number of amides is 1. The van der Waals surface area contributed by atoms with Crippen LogP contribution in [0.25, 0.3) is 0 Å². The number of nitrogens with zero attached hydrogens (tertiary/aromatic N) is 2. The van der Waals surface area contributed by atoms with Crippen LogP contribution in [0.1, 0.15) is 37.7 Å². The number of carboxylic acids is 1. The normalized spacial score (nSPS) is 13.3. The Balaban J connectivity index is 1.93. The minimum Gasteiger partial charge on any atom is -0.478 e. The van der Waals surface area contributed by atoms with Gasteiger partial charge in [-0.25, -0.2) is 4.79 Å². The van der Waals surface area contributed by atoms with Crippen molar-refractivity contribution >= 4 is 39.7 Å². The average molecular weight is 295 g/mol. The van der Waals surface area contributed by atoms with Crippen LogP contribution in [0.5, 0.6) is 0 Å². The van der Waals surface area contributed by atoms with Crippen molar-refractivity contribution in [3.63, 3.8) is 0 Å². The molecule has 2 heterocycles. The third-order valence-corrected chi connectivity index (χ3v) is 4.67. The van der Waals surface area contributed by atoms with Gasteiger partial charge >= 0.3 is 5.97 Å². The summed E-state index contributed by atoms with van der Waals surface area (Å²) >= 11 is 2.42. The van der Waals surface area contributed by atoms with Crippen LogP contribution in [-0.4, -0.2) is 26.6 Å². The van der Waals surface area contributed by atoms with Crippen molar-refractivity contribution in [1.82, 2.24) is 9.59 Å². The maximum atomic E-state index is 11.9. The minimum absolute atomic E-state index is 0.204. The number of carbonyl (C=O) groups excluding carboxylic acids is 1. The summed E-state index contributed by atoms with van der Waals surface area (Å²) in [4.78, 5) is 24.3. The van der Waals surface area contributed by atoms with E-state index < -0.39 is 11.9 Å². The molecule has 19 heavy (non-hydrogen) atoms. The van der Waals surface area contributed by atoms with Gasteiger partial charge in [0.1, 0.15) is 5.00 Å². The van der Waals surface area contributed by atoms with E-state index in [1.807, 2.05) is 0 Å². The van der Waals surface area contributed by atoms with E-state index in [2.05, 4.69) is 14.9 Å². The van der Waals surface area contributed by atoms with Crippen molar-refractivity contribution in [3.05, 3.63) is 27.1 Å². The monoisotopic (exact) mass is 295 g/mol. The first kappa shape index (κ1) is 12.2. The second kappa shape index (κ2) is 4.71. The Hall–Kier alpha value is -1.80. The Labute approximate surface area is 116 Å². The van der Waals surface area contributed by atoms with Crippen molar-refractivity contribution in [2.75, 3.05) is 5.32 Å². The Morgan fingerprint density at radius 3 is 2.89 bits per heavy atom. The topological polar surface area (TPSA) is 92.2 Å². The Morgan fingerprint density at radius 2 is 2.21 bits per heavy atom. The van der Waals surface area contributed by atoms with Crippen LogP contribution >= 0.6 is 22.9 Å². The minimum atomic E-state index is -0.994. The first-order valence-corrected chi connectivity index (χ1v) is 7.28. The van der Waals surface area contributed by atoms with Crippen molar-refractivity contribution in [3.8, 4) is 0 Å². The number of aromatic carboxylic acids is 1. The quantitative estimate of drug-likeness (QED) is 0.904. The maximum Gasteiger partial charge on any atom is 0.339 e. The highest BCUT2D eigenvalue weighted by atomic mass is 32.1. The van der Waals surface area contributed by atoms with Crippen molar-refractivity contribution < 1.29 is 14.7 Å². The van der Waals surface area contributed by atoms with Crippen molar-refractivity contribution in [2.45, 2.75) is 19.3 Å². The molecule has 0 saturated carbocycles. The summed E-state index contributed by atoms with van der Waals surface area (Å²) in [6, 6.07) is 0. The van der Waals surface area contributed by atoms with E-state index in [1.165, 1.54) is 16.7 Å². The molecule has 98 valence electrons. The van der Waals surface area contributed by atoms with Crippen LogP contribution in [0.15, 0.2) is 5.38 Å². The summed E-state index contributed by atoms with van der Waals surface area (Å²) in [5.41, 5.74) is 1.30. The highest BCUT2D eigenvalue weighted by Gasteiger charge is 2.27. The highest BCUT2D eigenvalue weighted by Crippen LogP contribution is 2.39. The number of carbonyl (C=O) groups is 2. The number of thiophene rings is 1. The first-order chi connectivity index (χ1) is 9.16. The van der Waals surface area contributed by atoms with E-state index in [1.54, 1.807) is 0 Å². The zero-order valence-electron chi connectivity index (χ0n) is 9.67. The molecule has 8 heteroatoms. The summed E-state index contributed by atoms with van der Waals surface area (Å²) in [6.07, 6.45) is 2.63. The highest BCUT2D eigenvalue weighted by molar-refractivity contribution is 7.17. The molecule has 0 fully saturated rings. The molecule has 0 spiro atoms. The van der Waals surface area contributed by atoms with Gasteiger partial charge in [0.2, 0.25) is 0 Å². The molecule has 0 saturated heterocycles. The van der Waals surface area contributed by atoms with E-state index in [0.29, 0.717) is 5.00 Å². The number of anilines is 1. The number of hydrogen-bond acceptors (Lipinski definition) is 6. The number of nitrogens with one attached hydrogen (secondary N) is 1. The largest absolute Gasteiger partial charge is 0.478 e. The lowest BCUT2D eigenvalue weighted by atomic mass is 10.1. The molecule has 0 bridgehead atoms. The van der Waals surface area contributed by atoms with Gasteiger partial charge in [0.25, 0.3) is 5.91 Å². The smallest absolute Gasteiger partial charge is 0.339 e. The molecular formula is C11H9N3O3S2. The Bertz CT molecular complexity index is 648. The van der Waals surface area contributed by atoms with E-state index >= 15 is 0 Å². The Morgan fingerprint density at radius 1 is 1.37 bits per heavy atom. The third kappa shape index (κ3) is 2.13. The summed E-state index contributed by atoms with van der Waals surface area (Å²) in [5.74, 6) is -1.41. The summed E-state index contributed by atoms with van der Waals surface area (Å²) in [5, 5.41) is 17.5. The SMILES string of the molecule is O=C(Nc1sc2c(c1C(=O)O)CCC2)c1csnn1. The fourth-order valence-electron chi connectivity index (χ4n) is 2.15. The molecule has 6 nitrogen and oxygen atoms in total. The van der Waals surface area contributed by atoms with Gasteiger partial charge in [-0.05, 0) is 36.4 Å². The predicted molar refractivity (Wildman–Crippen MR) is 71.2 cm³/mol. The maximum absolute atomic E-state index is 11.9. The van der Waals surface area contributed by atoms with E-state index in [0.717, 1.165) is 41.2 Å². The van der Waals surface area contributed by atoms with Gasteiger partial charge in [-0.15, -0.1) is 16.4 Å². The number of fused-ring (bicyclic) bond motifs is 1. The summed E-state index contributed by atoms with van der Waals surface area (Å²) in [7, 11) is 0. The van der Waals surface area contributed by atoms with Crippen LogP contribution in [0, 0.1) is 0 Å². The first-order valence-electron chi connectivity index (χ1n) is 5.63. The molecule has 0 radical (unpaired) electrons. The molecule has 2 N–H and O–H groups in total. The van der Waals surface area contributed by atoms with Gasteiger partial charge in [0, 0.05) is 10.3 Å². The molecule has 0 unspecified atom stereocenters. The zero-order chi connectivity index (χ0) is 13.4. The van der Waals surface area contributed by atoms with Crippen molar-refractivity contribution in [2.24, 2.45) is 0 Å². The standard InChI is InChI=1S/C11H9N3O3S2/c15-9(6-4-18-14-13-6)12-10-8(11(16)17)5-2-1-3-7(5)19-10/h4H,1-3H2,(H,12,15)(H,16,17). The van der Waals surface area contributed by atoms with E-state index in [9.17, 15) is 14.7 Å². The van der Waals surface area contributed by atoms with Crippen LogP contribution in [0.4, 0.5) is 5.00 Å². The van der Waals surface area contributed by atoms with Gasteiger partial charge in [0.15, 0.2) is 5.69 Å². The second-order valence-electron chi connectivity index (χ2n) is 4.11. The fourth-order valence-corrected chi connectivity index (χ4v) is 3.86. The summed E-state index contributed by atoms with van der Waals surface area (Å²) in [6.45, 7) is 0. The van der Waals surface area contributed by atoms with Crippen LogP contribution in [0.2, 0.25) is 0 Å². The van der Waals surface area contributed by atoms with Crippen LogP contribution in [0.3, 0.4) is 0 Å². The van der Waals surface area contributed by atoms with Gasteiger partial charge in [0.05, 0.1) is 5.56 Å². The molecule has 1 aliphatic carbocycles. The molecule has 0 aromatic carbocycles. The lowest BCUT2D eigenvalue weighted by Crippen LogP contribution is -2.14. The fraction of sp³-hybridized carbons (Fsp3) is 0.273. The van der Waals surface area contributed by atoms with Gasteiger partial charge < -0.3 is 10.4 Å². The molecular weight excluding hydrogens is 286 g/mol. The number of rotatable bonds is 3. The van der Waals surface area contributed by atoms with E-state index in [4.69, 9.17) is 0 Å². The molecule has 2 aromatic heterocycles. The predicted octanol–water partition coefficient (Wildman–Crippen LogP) is 2.04. The number of aromatic nitrogens is 2. The lowest BCUT2D eigenvalue weighted by Gasteiger charge is -2.03. The number of aryl methyl sites for hydroxylation is 1. The number of hydrogen-bond donors (Lipinski definition) is 2. The third-order valence-electron chi connectivity index (χ3n) is 2.95. The van der Waals surface area contributed by atoms with Gasteiger partial charge in [-0.1, -0.05) is 4.49 Å². The molecule has 1 aliphatic rings. The molecule has 0 aliphatic heterocycles. The van der Waals surface area contributed by atoms with Crippen molar-refractivity contribution in [1.29, 1.82) is 0 Å². The van der Waals surface area contributed by atoms with Gasteiger partial charge in [-0.2, -0.15) is 0 Å². The number of carboxylic acid groups (broad SMARTS) is 1. The average Bonchev–Trinajstić information content (AvgIpc) is 3.03. The van der Waals surface area contributed by atoms with E-state index in [-0.39, 0.29) is 11.3 Å².